The van der Waals surface area contributed by atoms with E-state index in [0.717, 1.165) is 11.3 Å². The van der Waals surface area contributed by atoms with E-state index in [4.69, 9.17) is 17.0 Å². The minimum atomic E-state index is 0.362. The Bertz CT molecular complexity index is 529. The Balaban J connectivity index is 1.83. The molecule has 5 heteroatoms. The Morgan fingerprint density at radius 3 is 2.74 bits per heavy atom. The summed E-state index contributed by atoms with van der Waals surface area (Å²) in [6, 6.07) is 11.9. The average Bonchev–Trinajstić information content (AvgIpc) is 2.47. The van der Waals surface area contributed by atoms with Gasteiger partial charge in [-0.05, 0) is 48.8 Å². The Kier molecular flexibility index (Phi) is 5.18. The van der Waals surface area contributed by atoms with E-state index in [1.54, 1.807) is 24.2 Å². The maximum Gasteiger partial charge on any atom is 0.261 e. The van der Waals surface area contributed by atoms with Crippen LogP contribution in [0.25, 0.3) is 0 Å². The smallest absolute Gasteiger partial charge is 0.261 e. The van der Waals surface area contributed by atoms with Gasteiger partial charge >= 0.3 is 0 Å². The van der Waals surface area contributed by atoms with Gasteiger partial charge in [-0.15, -0.1) is 11.8 Å². The molecule has 0 spiro atoms. The minimum absolute atomic E-state index is 0.362. The largest absolute Gasteiger partial charge is 0.466 e. The summed E-state index contributed by atoms with van der Waals surface area (Å²) < 4.78 is 5.46. The second-order valence-electron chi connectivity index (χ2n) is 3.79. The lowest BCUT2D eigenvalue weighted by atomic mass is 10.3. The number of benzene rings is 1. The van der Waals surface area contributed by atoms with Crippen LogP contribution in [-0.4, -0.2) is 16.4 Å². The number of thioether (sulfide) groups is 1. The van der Waals surface area contributed by atoms with Crippen molar-refractivity contribution in [3.8, 4) is 0 Å². The molecule has 2 aromatic rings. The Morgan fingerprint density at radius 1 is 1.32 bits per heavy atom. The standard InChI is InChI=1S/C14H14N2OS2/c1-19-13-6-4-12(5-7-13)16-14(18)17-10-11-3-2-8-15-9-11/h2-9H,10H2,1H3,(H,16,18). The fraction of sp³-hybridized carbons (Fsp3) is 0.143. The van der Waals surface area contributed by atoms with Crippen LogP contribution in [-0.2, 0) is 11.3 Å². The first kappa shape index (κ1) is 13.8. The van der Waals surface area contributed by atoms with Crippen molar-refractivity contribution in [3.05, 3.63) is 54.4 Å². The van der Waals surface area contributed by atoms with E-state index in [-0.39, 0.29) is 0 Å². The second kappa shape index (κ2) is 7.11. The van der Waals surface area contributed by atoms with Crippen LogP contribution in [0.4, 0.5) is 5.69 Å². The van der Waals surface area contributed by atoms with Gasteiger partial charge in [0, 0.05) is 28.5 Å². The highest BCUT2D eigenvalue weighted by Gasteiger charge is 2.00. The van der Waals surface area contributed by atoms with E-state index < -0.39 is 0 Å². The summed E-state index contributed by atoms with van der Waals surface area (Å²) in [5.74, 6) is 0. The van der Waals surface area contributed by atoms with E-state index in [9.17, 15) is 0 Å². The number of aromatic nitrogens is 1. The van der Waals surface area contributed by atoms with Gasteiger partial charge in [0.2, 0.25) is 0 Å². The monoisotopic (exact) mass is 290 g/mol. The van der Waals surface area contributed by atoms with Crippen LogP contribution in [0.15, 0.2) is 53.7 Å². The zero-order valence-electron chi connectivity index (χ0n) is 10.5. The van der Waals surface area contributed by atoms with Crippen molar-refractivity contribution in [2.45, 2.75) is 11.5 Å². The van der Waals surface area contributed by atoms with Gasteiger partial charge in [-0.2, -0.15) is 0 Å². The van der Waals surface area contributed by atoms with E-state index >= 15 is 0 Å². The molecule has 0 aliphatic rings. The first-order valence-electron chi connectivity index (χ1n) is 5.74. The number of thiocarbonyl (C=S) groups is 1. The van der Waals surface area contributed by atoms with Gasteiger partial charge in [0.15, 0.2) is 0 Å². The molecule has 1 N–H and O–H groups in total. The summed E-state index contributed by atoms with van der Waals surface area (Å²) in [6.07, 6.45) is 5.54. The molecule has 0 saturated carbocycles. The molecule has 3 nitrogen and oxygen atoms in total. The number of nitrogens with one attached hydrogen (secondary N) is 1. The molecule has 0 saturated heterocycles. The predicted molar refractivity (Wildman–Crippen MR) is 83.5 cm³/mol. The molecule has 1 aromatic heterocycles. The van der Waals surface area contributed by atoms with Gasteiger partial charge < -0.3 is 10.1 Å². The van der Waals surface area contributed by atoms with Gasteiger partial charge in [0.05, 0.1) is 0 Å². The van der Waals surface area contributed by atoms with Crippen LogP contribution in [0.2, 0.25) is 0 Å². The van der Waals surface area contributed by atoms with E-state index in [2.05, 4.69) is 10.3 Å². The first-order valence-corrected chi connectivity index (χ1v) is 7.38. The van der Waals surface area contributed by atoms with Crippen molar-refractivity contribution in [2.24, 2.45) is 0 Å². The predicted octanol–water partition coefficient (Wildman–Crippen LogP) is 3.72. The van der Waals surface area contributed by atoms with Crippen molar-refractivity contribution in [1.29, 1.82) is 0 Å². The van der Waals surface area contributed by atoms with Crippen molar-refractivity contribution < 1.29 is 4.74 Å². The highest BCUT2D eigenvalue weighted by atomic mass is 32.2. The third-order valence-electron chi connectivity index (χ3n) is 2.43. The van der Waals surface area contributed by atoms with Crippen LogP contribution in [0.5, 0.6) is 0 Å². The number of nitrogens with zero attached hydrogens (tertiary/aromatic N) is 1. The zero-order chi connectivity index (χ0) is 13.5. The molecule has 1 aromatic carbocycles. The Labute approximate surface area is 122 Å². The SMILES string of the molecule is CSc1ccc(NC(=S)OCc2cccnc2)cc1. The third kappa shape index (κ3) is 4.54. The topological polar surface area (TPSA) is 34.1 Å². The minimum Gasteiger partial charge on any atom is -0.466 e. The number of anilines is 1. The summed E-state index contributed by atoms with van der Waals surface area (Å²) in [4.78, 5) is 5.24. The summed E-state index contributed by atoms with van der Waals surface area (Å²) >= 11 is 6.84. The summed E-state index contributed by atoms with van der Waals surface area (Å²) in [7, 11) is 0. The molecule has 0 fully saturated rings. The Morgan fingerprint density at radius 2 is 2.11 bits per heavy atom. The lowest BCUT2D eigenvalue weighted by Crippen LogP contribution is -2.13. The van der Waals surface area contributed by atoms with Crippen LogP contribution in [0.3, 0.4) is 0 Å². The first-order chi connectivity index (χ1) is 9.28. The number of rotatable bonds is 4. The molecule has 98 valence electrons. The van der Waals surface area contributed by atoms with E-state index in [1.807, 2.05) is 42.7 Å². The molecule has 0 unspecified atom stereocenters. The van der Waals surface area contributed by atoms with Crippen molar-refractivity contribution >= 4 is 34.8 Å². The summed E-state index contributed by atoms with van der Waals surface area (Å²) in [6.45, 7) is 0.419. The number of hydrogen-bond acceptors (Lipinski definition) is 4. The second-order valence-corrected chi connectivity index (χ2v) is 5.04. The van der Waals surface area contributed by atoms with Crippen molar-refractivity contribution in [1.82, 2.24) is 4.98 Å². The fourth-order valence-corrected chi connectivity index (χ4v) is 2.05. The molecule has 1 heterocycles. The summed E-state index contributed by atoms with van der Waals surface area (Å²) in [5, 5.41) is 3.40. The highest BCUT2D eigenvalue weighted by molar-refractivity contribution is 7.98. The van der Waals surface area contributed by atoms with Crippen molar-refractivity contribution in [3.63, 3.8) is 0 Å². The van der Waals surface area contributed by atoms with E-state index in [1.165, 1.54) is 4.90 Å². The average molecular weight is 290 g/mol. The molecule has 0 aliphatic heterocycles. The fourth-order valence-electron chi connectivity index (χ4n) is 1.46. The van der Waals surface area contributed by atoms with Gasteiger partial charge in [-0.25, -0.2) is 0 Å². The lowest BCUT2D eigenvalue weighted by Gasteiger charge is -2.10. The number of ether oxygens (including phenoxy) is 1. The molecule has 0 atom stereocenters. The van der Waals surface area contributed by atoms with Gasteiger partial charge in [-0.1, -0.05) is 6.07 Å². The quantitative estimate of drug-likeness (QED) is 0.685. The van der Waals surface area contributed by atoms with Crippen LogP contribution in [0.1, 0.15) is 5.56 Å². The van der Waals surface area contributed by atoms with Gasteiger partial charge in [-0.3, -0.25) is 4.98 Å². The maximum absolute atomic E-state index is 5.46. The van der Waals surface area contributed by atoms with Gasteiger partial charge in [0.25, 0.3) is 5.17 Å². The molecule has 19 heavy (non-hydrogen) atoms. The molecular formula is C14H14N2OS2. The molecule has 0 amide bonds. The molecule has 0 aliphatic carbocycles. The number of hydrogen-bond donors (Lipinski definition) is 1. The normalized spacial score (nSPS) is 9.95. The Hall–Kier alpha value is -1.59. The molecule has 0 radical (unpaired) electrons. The lowest BCUT2D eigenvalue weighted by molar-refractivity contribution is 0.299. The van der Waals surface area contributed by atoms with Gasteiger partial charge in [0.1, 0.15) is 6.61 Å². The molecule has 0 bridgehead atoms. The zero-order valence-corrected chi connectivity index (χ0v) is 12.1. The summed E-state index contributed by atoms with van der Waals surface area (Å²) in [5.41, 5.74) is 1.92. The van der Waals surface area contributed by atoms with Crippen LogP contribution >= 0.6 is 24.0 Å². The third-order valence-corrected chi connectivity index (χ3v) is 3.39. The molecular weight excluding hydrogens is 276 g/mol. The maximum atomic E-state index is 5.46. The van der Waals surface area contributed by atoms with Crippen LogP contribution in [0, 0.1) is 0 Å². The van der Waals surface area contributed by atoms with Crippen LogP contribution < -0.4 is 5.32 Å². The van der Waals surface area contributed by atoms with Crippen molar-refractivity contribution in [2.75, 3.05) is 11.6 Å². The number of pyridine rings is 1. The molecule has 2 rings (SSSR count). The van der Waals surface area contributed by atoms with E-state index in [0.29, 0.717) is 11.8 Å². The highest BCUT2D eigenvalue weighted by Crippen LogP contribution is 2.17.